The van der Waals surface area contributed by atoms with Gasteiger partial charge in [0.1, 0.15) is 11.4 Å². The van der Waals surface area contributed by atoms with Crippen LogP contribution >= 0.6 is 11.5 Å². The van der Waals surface area contributed by atoms with Crippen LogP contribution in [-0.2, 0) is 11.3 Å². The van der Waals surface area contributed by atoms with Gasteiger partial charge in [0.2, 0.25) is 0 Å². The molecule has 178 valence electrons. The number of rotatable bonds is 9. The van der Waals surface area contributed by atoms with Crippen molar-refractivity contribution in [2.24, 2.45) is 0 Å². The first-order chi connectivity index (χ1) is 15.7. The molecule has 0 bridgehead atoms. The molecule has 0 spiro atoms. The van der Waals surface area contributed by atoms with Crippen molar-refractivity contribution in [2.45, 2.75) is 65.6 Å². The van der Waals surface area contributed by atoms with E-state index in [4.69, 9.17) is 9.72 Å². The Labute approximate surface area is 198 Å². The summed E-state index contributed by atoms with van der Waals surface area (Å²) < 4.78 is 11.4. The van der Waals surface area contributed by atoms with Crippen molar-refractivity contribution in [2.75, 3.05) is 13.1 Å². The number of amides is 1. The average molecular weight is 472 g/mol. The lowest BCUT2D eigenvalue weighted by Gasteiger charge is -2.22. The fourth-order valence-electron chi connectivity index (χ4n) is 3.56. The molecule has 0 saturated carbocycles. The molecule has 1 unspecified atom stereocenters. The zero-order valence-electron chi connectivity index (χ0n) is 20.0. The number of benzene rings is 1. The van der Waals surface area contributed by atoms with Crippen molar-refractivity contribution in [3.05, 3.63) is 57.8 Å². The van der Waals surface area contributed by atoms with Gasteiger partial charge in [-0.05, 0) is 64.2 Å². The van der Waals surface area contributed by atoms with Gasteiger partial charge in [0.05, 0.1) is 23.7 Å². The van der Waals surface area contributed by atoms with Gasteiger partial charge >= 0.3 is 6.09 Å². The van der Waals surface area contributed by atoms with Crippen molar-refractivity contribution in [3.8, 4) is 0 Å². The summed E-state index contributed by atoms with van der Waals surface area (Å²) >= 11 is 1.26. The van der Waals surface area contributed by atoms with Gasteiger partial charge in [0.15, 0.2) is 4.83 Å². The Kier molecular flexibility index (Phi) is 8.20. The minimum Gasteiger partial charge on any atom is -0.444 e. The second-order valence-corrected chi connectivity index (χ2v) is 9.74. The SMILES string of the molecule is CCC(NCCCNC(=O)OC(C)(C)C)c1nc2snc(C)c2c(=O)n1Cc1ccccc1. The average Bonchev–Trinajstić information content (AvgIpc) is 3.13. The zero-order chi connectivity index (χ0) is 24.0. The molecule has 1 amide bonds. The van der Waals surface area contributed by atoms with E-state index in [2.05, 4.69) is 21.9 Å². The molecule has 1 atom stereocenters. The molecule has 2 aromatic heterocycles. The van der Waals surface area contributed by atoms with Crippen LogP contribution in [0, 0.1) is 6.92 Å². The predicted molar refractivity (Wildman–Crippen MR) is 132 cm³/mol. The Morgan fingerprint density at radius 3 is 2.61 bits per heavy atom. The molecule has 0 aliphatic heterocycles. The van der Waals surface area contributed by atoms with Gasteiger partial charge in [0, 0.05) is 6.54 Å². The molecule has 3 aromatic rings. The van der Waals surface area contributed by atoms with E-state index in [0.29, 0.717) is 35.7 Å². The highest BCUT2D eigenvalue weighted by atomic mass is 32.1. The number of nitrogens with one attached hydrogen (secondary N) is 2. The third kappa shape index (κ3) is 6.61. The van der Waals surface area contributed by atoms with Gasteiger partial charge in [-0.25, -0.2) is 9.78 Å². The van der Waals surface area contributed by atoms with E-state index in [1.54, 1.807) is 4.57 Å². The van der Waals surface area contributed by atoms with Crippen LogP contribution in [0.4, 0.5) is 4.79 Å². The molecule has 8 nitrogen and oxygen atoms in total. The molecule has 9 heteroatoms. The Balaban J connectivity index is 1.75. The minimum absolute atomic E-state index is 0.0584. The first kappa shape index (κ1) is 24.9. The normalized spacial score (nSPS) is 12.6. The number of hydrogen-bond donors (Lipinski definition) is 2. The first-order valence-corrected chi connectivity index (χ1v) is 12.1. The van der Waals surface area contributed by atoms with E-state index < -0.39 is 11.7 Å². The molecule has 0 radical (unpaired) electrons. The van der Waals surface area contributed by atoms with Gasteiger partial charge in [-0.15, -0.1) is 0 Å². The Hall–Kier alpha value is -2.78. The molecular weight excluding hydrogens is 438 g/mol. The van der Waals surface area contributed by atoms with E-state index in [0.717, 1.165) is 24.1 Å². The number of nitrogens with zero attached hydrogens (tertiary/aromatic N) is 3. The van der Waals surface area contributed by atoms with E-state index in [-0.39, 0.29) is 11.6 Å². The lowest BCUT2D eigenvalue weighted by Crippen LogP contribution is -2.35. The Morgan fingerprint density at radius 2 is 1.94 bits per heavy atom. The third-order valence-electron chi connectivity index (χ3n) is 5.11. The van der Waals surface area contributed by atoms with Gasteiger partial charge < -0.3 is 15.4 Å². The number of aryl methyl sites for hydroxylation is 1. The predicted octanol–water partition coefficient (Wildman–Crippen LogP) is 4.17. The number of carbonyl (C=O) groups excluding carboxylic acids is 1. The molecule has 1 aromatic carbocycles. The van der Waals surface area contributed by atoms with Crippen LogP contribution in [0.5, 0.6) is 0 Å². The summed E-state index contributed by atoms with van der Waals surface area (Å²) in [6, 6.07) is 9.82. The van der Waals surface area contributed by atoms with Crippen molar-refractivity contribution in [3.63, 3.8) is 0 Å². The second kappa shape index (κ2) is 10.9. The molecule has 3 rings (SSSR count). The Morgan fingerprint density at radius 1 is 1.21 bits per heavy atom. The first-order valence-electron chi connectivity index (χ1n) is 11.3. The van der Waals surface area contributed by atoms with Gasteiger partial charge in [0.25, 0.3) is 5.56 Å². The monoisotopic (exact) mass is 471 g/mol. The number of aromatic nitrogens is 3. The van der Waals surface area contributed by atoms with Gasteiger partial charge in [-0.1, -0.05) is 37.3 Å². The van der Waals surface area contributed by atoms with Crippen LogP contribution in [0.1, 0.15) is 63.7 Å². The second-order valence-electron chi connectivity index (χ2n) is 8.99. The number of carbonyl (C=O) groups is 1. The largest absolute Gasteiger partial charge is 0.444 e. The lowest BCUT2D eigenvalue weighted by atomic mass is 10.1. The van der Waals surface area contributed by atoms with Crippen LogP contribution in [-0.4, -0.2) is 38.7 Å². The summed E-state index contributed by atoms with van der Waals surface area (Å²) in [6.07, 6.45) is 1.07. The highest BCUT2D eigenvalue weighted by Gasteiger charge is 2.21. The number of ether oxygens (including phenoxy) is 1. The quantitative estimate of drug-likeness (QED) is 0.455. The maximum absolute atomic E-state index is 13.4. The van der Waals surface area contributed by atoms with Crippen molar-refractivity contribution >= 4 is 27.8 Å². The molecule has 2 N–H and O–H groups in total. The molecule has 0 saturated heterocycles. The fraction of sp³-hybridized carbons (Fsp3) is 0.500. The molecule has 0 fully saturated rings. The van der Waals surface area contributed by atoms with E-state index in [9.17, 15) is 9.59 Å². The van der Waals surface area contributed by atoms with Crippen molar-refractivity contribution < 1.29 is 9.53 Å². The van der Waals surface area contributed by atoms with Crippen LogP contribution < -0.4 is 16.2 Å². The highest BCUT2D eigenvalue weighted by Crippen LogP contribution is 2.22. The lowest BCUT2D eigenvalue weighted by molar-refractivity contribution is 0.0527. The van der Waals surface area contributed by atoms with Crippen LogP contribution in [0.3, 0.4) is 0 Å². The van der Waals surface area contributed by atoms with Gasteiger partial charge in [-0.3, -0.25) is 9.36 Å². The number of alkyl carbamates (subject to hydrolysis) is 1. The summed E-state index contributed by atoms with van der Waals surface area (Å²) in [6.45, 7) is 11.0. The molecule has 0 aliphatic carbocycles. The van der Waals surface area contributed by atoms with Crippen molar-refractivity contribution in [1.82, 2.24) is 24.6 Å². The summed E-state index contributed by atoms with van der Waals surface area (Å²) in [5.41, 5.74) is 1.18. The summed E-state index contributed by atoms with van der Waals surface area (Å²) in [4.78, 5) is 30.8. The maximum atomic E-state index is 13.4. The van der Waals surface area contributed by atoms with Crippen LogP contribution in [0.15, 0.2) is 35.1 Å². The minimum atomic E-state index is -0.516. The van der Waals surface area contributed by atoms with E-state index in [1.807, 2.05) is 58.0 Å². The molecule has 2 heterocycles. The number of hydrogen-bond acceptors (Lipinski definition) is 7. The highest BCUT2D eigenvalue weighted by molar-refractivity contribution is 7.12. The number of fused-ring (bicyclic) bond motifs is 1. The summed E-state index contributed by atoms with van der Waals surface area (Å²) in [7, 11) is 0. The van der Waals surface area contributed by atoms with E-state index in [1.165, 1.54) is 11.5 Å². The molecular formula is C24H33N5O3S. The maximum Gasteiger partial charge on any atom is 0.407 e. The summed E-state index contributed by atoms with van der Waals surface area (Å²) in [5.74, 6) is 0.711. The third-order valence-corrected chi connectivity index (χ3v) is 5.95. The topological polar surface area (TPSA) is 98.1 Å². The molecule has 33 heavy (non-hydrogen) atoms. The van der Waals surface area contributed by atoms with E-state index >= 15 is 0 Å². The summed E-state index contributed by atoms with van der Waals surface area (Å²) in [5, 5.41) is 6.87. The zero-order valence-corrected chi connectivity index (χ0v) is 20.8. The van der Waals surface area contributed by atoms with Gasteiger partial charge in [-0.2, -0.15) is 4.37 Å². The van der Waals surface area contributed by atoms with Crippen LogP contribution in [0.25, 0.3) is 10.2 Å². The fourth-order valence-corrected chi connectivity index (χ4v) is 4.33. The van der Waals surface area contributed by atoms with Crippen molar-refractivity contribution in [1.29, 1.82) is 0 Å². The standard InChI is InChI=1S/C24H33N5O3S/c1-6-18(25-13-10-14-26-23(31)32-24(3,4)5)20-27-21-19(16(2)28-33-21)22(30)29(20)15-17-11-8-7-9-12-17/h7-9,11-12,18,25H,6,10,13-15H2,1-5H3,(H,26,31). The smallest absolute Gasteiger partial charge is 0.407 e. The molecule has 0 aliphatic rings. The van der Waals surface area contributed by atoms with Crippen LogP contribution in [0.2, 0.25) is 0 Å². The Bertz CT molecular complexity index is 1130.